The first-order chi connectivity index (χ1) is 11.6. The second kappa shape index (κ2) is 7.33. The number of sulfonamides is 1. The molecule has 7 heteroatoms. The summed E-state index contributed by atoms with van der Waals surface area (Å²) in [6.07, 6.45) is 1.74. The monoisotopic (exact) mass is 367 g/mol. The Bertz CT molecular complexity index is 732. The van der Waals surface area contributed by atoms with Gasteiger partial charge in [0.05, 0.1) is 5.69 Å². The highest BCUT2D eigenvalue weighted by Crippen LogP contribution is 2.28. The van der Waals surface area contributed by atoms with Gasteiger partial charge < -0.3 is 10.6 Å². The van der Waals surface area contributed by atoms with Crippen molar-refractivity contribution in [2.75, 3.05) is 25.5 Å². The van der Waals surface area contributed by atoms with E-state index in [9.17, 15) is 13.2 Å². The number of carbonyl (C=O) groups excluding carboxylic acids is 1. The summed E-state index contributed by atoms with van der Waals surface area (Å²) in [7, 11) is -1.92. The van der Waals surface area contributed by atoms with Gasteiger partial charge in [0.2, 0.25) is 10.0 Å². The maximum Gasteiger partial charge on any atom is 0.251 e. The number of anilines is 1. The molecule has 1 aliphatic rings. The average Bonchev–Trinajstić information content (AvgIpc) is 3.08. The lowest BCUT2D eigenvalue weighted by Gasteiger charge is -2.28. The number of hydrogen-bond acceptors (Lipinski definition) is 4. The third kappa shape index (κ3) is 4.33. The van der Waals surface area contributed by atoms with Crippen LogP contribution in [0.5, 0.6) is 0 Å². The van der Waals surface area contributed by atoms with Crippen LogP contribution in [0, 0.1) is 5.41 Å². The van der Waals surface area contributed by atoms with Crippen LogP contribution in [0.1, 0.15) is 50.9 Å². The molecule has 1 saturated heterocycles. The van der Waals surface area contributed by atoms with Gasteiger partial charge in [-0.25, -0.2) is 8.42 Å². The number of amides is 1. The predicted molar refractivity (Wildman–Crippen MR) is 100 cm³/mol. The van der Waals surface area contributed by atoms with Crippen LogP contribution in [-0.2, 0) is 10.0 Å². The summed E-state index contributed by atoms with van der Waals surface area (Å²) < 4.78 is 27.3. The summed E-state index contributed by atoms with van der Waals surface area (Å²) in [5, 5.41) is 5.87. The van der Waals surface area contributed by atoms with Crippen molar-refractivity contribution in [2.24, 2.45) is 5.41 Å². The first-order valence-corrected chi connectivity index (χ1v) is 10.1. The molecule has 0 saturated carbocycles. The van der Waals surface area contributed by atoms with E-state index < -0.39 is 10.0 Å². The second-order valence-electron chi connectivity index (χ2n) is 7.63. The maximum absolute atomic E-state index is 12.9. The van der Waals surface area contributed by atoms with Crippen molar-refractivity contribution in [3.8, 4) is 0 Å². The standard InChI is InChI=1S/C18H29N3O3S/c1-13(18(2,3)4)20-17(22)14-8-9-15(19-5)16(12-14)25(23,24)21-10-6-7-11-21/h8-9,12-13,19H,6-7,10-11H2,1-5H3,(H,20,22). The van der Waals surface area contributed by atoms with Crippen molar-refractivity contribution < 1.29 is 13.2 Å². The Morgan fingerprint density at radius 1 is 1.20 bits per heavy atom. The molecule has 2 N–H and O–H groups in total. The van der Waals surface area contributed by atoms with E-state index >= 15 is 0 Å². The predicted octanol–water partition coefficient (Wildman–Crippen LogP) is 2.68. The van der Waals surface area contributed by atoms with Crippen LogP contribution >= 0.6 is 0 Å². The molecular formula is C18H29N3O3S. The van der Waals surface area contributed by atoms with E-state index in [0.717, 1.165) is 12.8 Å². The molecule has 1 fully saturated rings. The highest BCUT2D eigenvalue weighted by atomic mass is 32.2. The third-order valence-corrected chi connectivity index (χ3v) is 6.78. The van der Waals surface area contributed by atoms with Gasteiger partial charge in [0.1, 0.15) is 4.90 Å². The van der Waals surface area contributed by atoms with Crippen molar-refractivity contribution >= 4 is 21.6 Å². The van der Waals surface area contributed by atoms with Gasteiger partial charge in [0.15, 0.2) is 0 Å². The molecule has 1 unspecified atom stereocenters. The Kier molecular flexibility index (Phi) is 5.79. The van der Waals surface area contributed by atoms with Gasteiger partial charge in [-0.1, -0.05) is 20.8 Å². The van der Waals surface area contributed by atoms with Gasteiger partial charge in [-0.15, -0.1) is 0 Å². The van der Waals surface area contributed by atoms with Crippen LogP contribution in [0.4, 0.5) is 5.69 Å². The Morgan fingerprint density at radius 3 is 2.32 bits per heavy atom. The summed E-state index contributed by atoms with van der Waals surface area (Å²) in [5.41, 5.74) is 0.783. The largest absolute Gasteiger partial charge is 0.387 e. The SMILES string of the molecule is CNc1ccc(C(=O)NC(C)C(C)(C)C)cc1S(=O)(=O)N1CCCC1. The number of carbonyl (C=O) groups is 1. The number of benzene rings is 1. The summed E-state index contributed by atoms with van der Waals surface area (Å²) in [5.74, 6) is -0.261. The van der Waals surface area contributed by atoms with Crippen LogP contribution in [0.15, 0.2) is 23.1 Å². The van der Waals surface area contributed by atoms with E-state index in [0.29, 0.717) is 24.3 Å². The van der Waals surface area contributed by atoms with E-state index in [1.165, 1.54) is 10.4 Å². The normalized spacial score (nSPS) is 17.3. The van der Waals surface area contributed by atoms with Gasteiger partial charge in [-0.3, -0.25) is 4.79 Å². The molecule has 6 nitrogen and oxygen atoms in total. The Hall–Kier alpha value is -1.60. The minimum absolute atomic E-state index is 0.0392. The lowest BCUT2D eigenvalue weighted by molar-refractivity contribution is 0.0910. The minimum atomic E-state index is -3.60. The third-order valence-electron chi connectivity index (χ3n) is 4.84. The molecule has 0 radical (unpaired) electrons. The van der Waals surface area contributed by atoms with Crippen molar-refractivity contribution in [3.63, 3.8) is 0 Å². The van der Waals surface area contributed by atoms with Gasteiger partial charge in [0, 0.05) is 31.7 Å². The van der Waals surface area contributed by atoms with Crippen LogP contribution in [-0.4, -0.2) is 44.8 Å². The van der Waals surface area contributed by atoms with Crippen molar-refractivity contribution in [3.05, 3.63) is 23.8 Å². The van der Waals surface area contributed by atoms with Gasteiger partial charge in [-0.05, 0) is 43.4 Å². The summed E-state index contributed by atoms with van der Waals surface area (Å²) in [4.78, 5) is 12.7. The molecular weight excluding hydrogens is 338 g/mol. The molecule has 0 aromatic heterocycles. The molecule has 1 atom stereocenters. The summed E-state index contributed by atoms with van der Waals surface area (Å²) >= 11 is 0. The number of nitrogens with one attached hydrogen (secondary N) is 2. The fourth-order valence-corrected chi connectivity index (χ4v) is 4.39. The Labute approximate surface area is 151 Å². The number of nitrogens with zero attached hydrogens (tertiary/aromatic N) is 1. The molecule has 1 aromatic rings. The molecule has 0 aliphatic carbocycles. The zero-order chi connectivity index (χ0) is 18.8. The molecule has 2 rings (SSSR count). The minimum Gasteiger partial charge on any atom is -0.387 e. The molecule has 0 spiro atoms. The van der Waals surface area contributed by atoms with E-state index in [4.69, 9.17) is 0 Å². The quantitative estimate of drug-likeness (QED) is 0.839. The zero-order valence-electron chi connectivity index (χ0n) is 15.7. The zero-order valence-corrected chi connectivity index (χ0v) is 16.5. The maximum atomic E-state index is 12.9. The van der Waals surface area contributed by atoms with Crippen LogP contribution in [0.2, 0.25) is 0 Å². The van der Waals surface area contributed by atoms with Crippen molar-refractivity contribution in [2.45, 2.75) is 51.5 Å². The van der Waals surface area contributed by atoms with Crippen LogP contribution in [0.3, 0.4) is 0 Å². The highest BCUT2D eigenvalue weighted by Gasteiger charge is 2.30. The van der Waals surface area contributed by atoms with Crippen LogP contribution in [0.25, 0.3) is 0 Å². The highest BCUT2D eigenvalue weighted by molar-refractivity contribution is 7.89. The lowest BCUT2D eigenvalue weighted by atomic mass is 9.88. The van der Waals surface area contributed by atoms with Gasteiger partial charge in [0.25, 0.3) is 5.91 Å². The molecule has 1 heterocycles. The molecule has 0 bridgehead atoms. The van der Waals surface area contributed by atoms with Crippen molar-refractivity contribution in [1.82, 2.24) is 9.62 Å². The van der Waals surface area contributed by atoms with E-state index in [1.807, 2.05) is 27.7 Å². The summed E-state index contributed by atoms with van der Waals surface area (Å²) in [6.45, 7) is 9.15. The van der Waals surface area contributed by atoms with Crippen LogP contribution < -0.4 is 10.6 Å². The van der Waals surface area contributed by atoms with E-state index in [-0.39, 0.29) is 22.3 Å². The fourth-order valence-electron chi connectivity index (χ4n) is 2.65. The van der Waals surface area contributed by atoms with Gasteiger partial charge in [-0.2, -0.15) is 4.31 Å². The van der Waals surface area contributed by atoms with E-state index in [1.54, 1.807) is 19.2 Å². The lowest BCUT2D eigenvalue weighted by Crippen LogP contribution is -2.41. The second-order valence-corrected chi connectivity index (χ2v) is 9.54. The fraction of sp³-hybridized carbons (Fsp3) is 0.611. The average molecular weight is 368 g/mol. The molecule has 1 aliphatic heterocycles. The first kappa shape index (κ1) is 19.7. The topological polar surface area (TPSA) is 78.5 Å². The number of hydrogen-bond donors (Lipinski definition) is 2. The molecule has 1 amide bonds. The summed E-state index contributed by atoms with van der Waals surface area (Å²) in [6, 6.07) is 4.74. The first-order valence-electron chi connectivity index (χ1n) is 8.70. The Balaban J connectivity index is 2.35. The van der Waals surface area contributed by atoms with E-state index in [2.05, 4.69) is 10.6 Å². The Morgan fingerprint density at radius 2 is 1.80 bits per heavy atom. The van der Waals surface area contributed by atoms with Gasteiger partial charge >= 0.3 is 0 Å². The molecule has 140 valence electrons. The molecule has 25 heavy (non-hydrogen) atoms. The molecule has 1 aromatic carbocycles. The smallest absolute Gasteiger partial charge is 0.251 e. The number of rotatable bonds is 5. The van der Waals surface area contributed by atoms with Crippen molar-refractivity contribution in [1.29, 1.82) is 0 Å².